The molecule has 0 spiro atoms. The first-order valence-electron chi connectivity index (χ1n) is 5.77. The van der Waals surface area contributed by atoms with Gasteiger partial charge in [0, 0.05) is 0 Å². The Hall–Kier alpha value is -1.64. The second kappa shape index (κ2) is 6.18. The smallest absolute Gasteiger partial charge is 0.316 e. The van der Waals surface area contributed by atoms with Crippen LogP contribution in [0.3, 0.4) is 0 Å². The summed E-state index contributed by atoms with van der Waals surface area (Å²) < 4.78 is 4.91. The number of ether oxygens (including phenoxy) is 1. The molecule has 1 aromatic rings. The highest BCUT2D eigenvalue weighted by Gasteiger charge is 2.24. The van der Waals surface area contributed by atoms with Gasteiger partial charge < -0.3 is 4.74 Å². The second-order valence-electron chi connectivity index (χ2n) is 4.11. The van der Waals surface area contributed by atoms with E-state index in [2.05, 4.69) is 0 Å². The highest BCUT2D eigenvalue weighted by Crippen LogP contribution is 2.13. The Morgan fingerprint density at radius 2 is 2.06 bits per heavy atom. The van der Waals surface area contributed by atoms with Crippen molar-refractivity contribution in [1.29, 1.82) is 0 Å². The van der Waals surface area contributed by atoms with Crippen LogP contribution in [0.5, 0.6) is 0 Å². The molecule has 1 aromatic carbocycles. The third kappa shape index (κ3) is 4.02. The van der Waals surface area contributed by atoms with Gasteiger partial charge in [-0.25, -0.2) is 0 Å². The average molecular weight is 234 g/mol. The van der Waals surface area contributed by atoms with Crippen LogP contribution in [0.25, 0.3) is 0 Å². The lowest BCUT2D eigenvalue weighted by Crippen LogP contribution is -2.26. The van der Waals surface area contributed by atoms with Crippen molar-refractivity contribution < 1.29 is 14.3 Å². The van der Waals surface area contributed by atoms with Crippen molar-refractivity contribution in [3.63, 3.8) is 0 Å². The lowest BCUT2D eigenvalue weighted by Gasteiger charge is -2.12. The van der Waals surface area contributed by atoms with Gasteiger partial charge in [-0.2, -0.15) is 0 Å². The monoisotopic (exact) mass is 234 g/mol. The Balaban J connectivity index is 2.80. The van der Waals surface area contributed by atoms with E-state index in [1.54, 1.807) is 6.92 Å². The van der Waals surface area contributed by atoms with Crippen LogP contribution in [0, 0.1) is 12.8 Å². The molecule has 0 aliphatic carbocycles. The fourth-order valence-electron chi connectivity index (χ4n) is 1.71. The molecule has 0 radical (unpaired) electrons. The van der Waals surface area contributed by atoms with E-state index in [0.717, 1.165) is 11.1 Å². The van der Waals surface area contributed by atoms with Gasteiger partial charge in [0.1, 0.15) is 11.7 Å². The number of benzene rings is 1. The Bertz CT molecular complexity index is 410. The van der Waals surface area contributed by atoms with E-state index in [9.17, 15) is 9.59 Å². The van der Waals surface area contributed by atoms with Crippen molar-refractivity contribution in [2.75, 3.05) is 6.61 Å². The van der Waals surface area contributed by atoms with E-state index in [0.29, 0.717) is 13.0 Å². The molecule has 0 aliphatic rings. The number of hydrogen-bond donors (Lipinski definition) is 0. The number of Topliss-reactive ketones (excluding diaryl/α,β-unsaturated/α-hetero) is 1. The van der Waals surface area contributed by atoms with Crippen molar-refractivity contribution in [3.05, 3.63) is 35.4 Å². The van der Waals surface area contributed by atoms with Crippen LogP contribution in [0.15, 0.2) is 24.3 Å². The Morgan fingerprint density at radius 3 is 2.59 bits per heavy atom. The van der Waals surface area contributed by atoms with Gasteiger partial charge in [-0.05, 0) is 32.8 Å². The minimum absolute atomic E-state index is 0.148. The van der Waals surface area contributed by atoms with Crippen molar-refractivity contribution >= 4 is 11.8 Å². The molecular formula is C14H18O3. The highest BCUT2D eigenvalue weighted by molar-refractivity contribution is 5.98. The van der Waals surface area contributed by atoms with Crippen LogP contribution in [0.2, 0.25) is 0 Å². The first-order valence-corrected chi connectivity index (χ1v) is 5.77. The molecule has 3 heteroatoms. The Morgan fingerprint density at radius 1 is 1.35 bits per heavy atom. The van der Waals surface area contributed by atoms with Gasteiger partial charge in [0.15, 0.2) is 0 Å². The first kappa shape index (κ1) is 13.4. The summed E-state index contributed by atoms with van der Waals surface area (Å²) in [5, 5.41) is 0. The molecule has 0 bridgehead atoms. The predicted molar refractivity (Wildman–Crippen MR) is 65.7 cm³/mol. The highest BCUT2D eigenvalue weighted by atomic mass is 16.5. The number of ketones is 1. The maximum absolute atomic E-state index is 11.6. The van der Waals surface area contributed by atoms with Gasteiger partial charge in [0.25, 0.3) is 0 Å². The normalized spacial score (nSPS) is 11.9. The van der Waals surface area contributed by atoms with E-state index < -0.39 is 11.9 Å². The number of hydrogen-bond acceptors (Lipinski definition) is 3. The lowest BCUT2D eigenvalue weighted by molar-refractivity contribution is -0.151. The van der Waals surface area contributed by atoms with Gasteiger partial charge in [0.05, 0.1) is 6.61 Å². The van der Waals surface area contributed by atoms with Crippen LogP contribution in [-0.2, 0) is 20.7 Å². The van der Waals surface area contributed by atoms with Crippen LogP contribution >= 0.6 is 0 Å². The number of carbonyl (C=O) groups is 2. The molecular weight excluding hydrogens is 216 g/mol. The van der Waals surface area contributed by atoms with Gasteiger partial charge >= 0.3 is 5.97 Å². The second-order valence-corrected chi connectivity index (χ2v) is 4.11. The SMILES string of the molecule is CCOC(=O)[C@@H](Cc1cccc(C)c1)C(C)=O. The lowest BCUT2D eigenvalue weighted by atomic mass is 9.95. The van der Waals surface area contributed by atoms with E-state index in [1.807, 2.05) is 31.2 Å². The van der Waals surface area contributed by atoms with E-state index in [-0.39, 0.29) is 5.78 Å². The third-order valence-corrected chi connectivity index (χ3v) is 2.58. The number of esters is 1. The minimum atomic E-state index is -0.684. The molecule has 0 aliphatic heterocycles. The maximum Gasteiger partial charge on any atom is 0.316 e. The number of aryl methyl sites for hydroxylation is 1. The summed E-state index contributed by atoms with van der Waals surface area (Å²) in [5.41, 5.74) is 2.10. The van der Waals surface area contributed by atoms with Gasteiger partial charge in [-0.15, -0.1) is 0 Å². The molecule has 0 saturated carbocycles. The largest absolute Gasteiger partial charge is 0.465 e. The Labute approximate surface area is 102 Å². The predicted octanol–water partition coefficient (Wildman–Crippen LogP) is 2.31. The molecule has 3 nitrogen and oxygen atoms in total. The van der Waals surface area contributed by atoms with Gasteiger partial charge in [0.2, 0.25) is 0 Å². The zero-order valence-corrected chi connectivity index (χ0v) is 10.5. The van der Waals surface area contributed by atoms with E-state index >= 15 is 0 Å². The molecule has 0 N–H and O–H groups in total. The van der Waals surface area contributed by atoms with Crippen LogP contribution < -0.4 is 0 Å². The number of rotatable bonds is 5. The molecule has 17 heavy (non-hydrogen) atoms. The average Bonchev–Trinajstić information content (AvgIpc) is 2.26. The fourth-order valence-corrected chi connectivity index (χ4v) is 1.71. The summed E-state index contributed by atoms with van der Waals surface area (Å²) in [6, 6.07) is 7.81. The topological polar surface area (TPSA) is 43.4 Å². The summed E-state index contributed by atoms with van der Waals surface area (Å²) >= 11 is 0. The molecule has 0 unspecified atom stereocenters. The summed E-state index contributed by atoms with van der Waals surface area (Å²) in [7, 11) is 0. The van der Waals surface area contributed by atoms with Crippen molar-refractivity contribution in [3.8, 4) is 0 Å². The quantitative estimate of drug-likeness (QED) is 0.580. The standard InChI is InChI=1S/C14H18O3/c1-4-17-14(16)13(11(3)15)9-12-7-5-6-10(2)8-12/h5-8,13H,4,9H2,1-3H3/t13-/m0/s1. The molecule has 0 fully saturated rings. The summed E-state index contributed by atoms with van der Waals surface area (Å²) in [5.74, 6) is -1.26. The molecule has 1 atom stereocenters. The van der Waals surface area contributed by atoms with Crippen LogP contribution in [-0.4, -0.2) is 18.4 Å². The number of carbonyl (C=O) groups excluding carboxylic acids is 2. The molecule has 1 rings (SSSR count). The molecule has 92 valence electrons. The Kier molecular flexibility index (Phi) is 4.88. The van der Waals surface area contributed by atoms with Crippen LogP contribution in [0.4, 0.5) is 0 Å². The first-order chi connectivity index (χ1) is 8.04. The minimum Gasteiger partial charge on any atom is -0.465 e. The zero-order chi connectivity index (χ0) is 12.8. The molecule has 0 heterocycles. The van der Waals surface area contributed by atoms with Crippen molar-refractivity contribution in [1.82, 2.24) is 0 Å². The summed E-state index contributed by atoms with van der Waals surface area (Å²) in [6.07, 6.45) is 0.413. The van der Waals surface area contributed by atoms with Crippen molar-refractivity contribution in [2.24, 2.45) is 5.92 Å². The fraction of sp³-hybridized carbons (Fsp3) is 0.429. The van der Waals surface area contributed by atoms with Gasteiger partial charge in [-0.1, -0.05) is 29.8 Å². The molecule has 0 aromatic heterocycles. The zero-order valence-electron chi connectivity index (χ0n) is 10.5. The maximum atomic E-state index is 11.6. The van der Waals surface area contributed by atoms with E-state index in [4.69, 9.17) is 4.74 Å². The summed E-state index contributed by atoms with van der Waals surface area (Å²) in [4.78, 5) is 23.1. The van der Waals surface area contributed by atoms with Crippen molar-refractivity contribution in [2.45, 2.75) is 27.2 Å². The molecule has 0 amide bonds. The van der Waals surface area contributed by atoms with E-state index in [1.165, 1.54) is 6.92 Å². The third-order valence-electron chi connectivity index (χ3n) is 2.58. The van der Waals surface area contributed by atoms with Gasteiger partial charge in [-0.3, -0.25) is 9.59 Å². The molecule has 0 saturated heterocycles. The summed E-state index contributed by atoms with van der Waals surface area (Å²) in [6.45, 7) is 5.45. The van der Waals surface area contributed by atoms with Crippen LogP contribution in [0.1, 0.15) is 25.0 Å².